The van der Waals surface area contributed by atoms with Crippen LogP contribution >= 0.6 is 0 Å². The number of rotatable bonds is 8. The molecule has 3 fully saturated rings. The zero-order chi connectivity index (χ0) is 29.8. The van der Waals surface area contributed by atoms with E-state index in [1.54, 1.807) is 18.2 Å². The molecular weight excluding hydrogens is 550 g/mol. The van der Waals surface area contributed by atoms with E-state index in [9.17, 15) is 24.3 Å². The minimum atomic E-state index is -1.22. The van der Waals surface area contributed by atoms with E-state index in [1.165, 1.54) is 16.0 Å². The highest BCUT2D eigenvalue weighted by molar-refractivity contribution is 6.10. The van der Waals surface area contributed by atoms with Gasteiger partial charge in [0.2, 0.25) is 17.4 Å². The van der Waals surface area contributed by atoms with Crippen LogP contribution in [0.25, 0.3) is 0 Å². The van der Waals surface area contributed by atoms with Crippen molar-refractivity contribution < 1.29 is 29.0 Å². The van der Waals surface area contributed by atoms with Crippen LogP contribution in [-0.2, 0) is 27.3 Å². The van der Waals surface area contributed by atoms with Gasteiger partial charge in [0.1, 0.15) is 11.2 Å². The van der Waals surface area contributed by atoms with Crippen molar-refractivity contribution in [2.24, 2.45) is 5.41 Å². The van der Waals surface area contributed by atoms with E-state index in [0.717, 1.165) is 38.8 Å². The van der Waals surface area contributed by atoms with Crippen molar-refractivity contribution in [2.75, 3.05) is 38.0 Å². The number of amides is 4. The molecule has 2 aliphatic carbocycles. The maximum absolute atomic E-state index is 13.2. The molecular formula is C32H37N5O6. The fourth-order valence-electron chi connectivity index (χ4n) is 6.50. The van der Waals surface area contributed by atoms with Gasteiger partial charge in [-0.3, -0.25) is 24.1 Å². The first-order valence-electron chi connectivity index (χ1n) is 15.2. The number of nitrogens with zero attached hydrogens (tertiary/aromatic N) is 2. The number of anilines is 1. The summed E-state index contributed by atoms with van der Waals surface area (Å²) >= 11 is 0. The van der Waals surface area contributed by atoms with E-state index >= 15 is 0 Å². The lowest BCUT2D eigenvalue weighted by molar-refractivity contribution is -0.166. The Kier molecular flexibility index (Phi) is 6.89. The number of hydrogen-bond acceptors (Lipinski definition) is 7. The molecule has 1 saturated heterocycles. The number of likely N-dealkylation sites (tertiary alicyclic amines) is 1. The van der Waals surface area contributed by atoms with Crippen LogP contribution in [-0.4, -0.2) is 89.0 Å². The van der Waals surface area contributed by atoms with Crippen molar-refractivity contribution in [3.05, 3.63) is 59.2 Å². The quantitative estimate of drug-likeness (QED) is 0.340. The van der Waals surface area contributed by atoms with Gasteiger partial charge in [-0.1, -0.05) is 24.3 Å². The summed E-state index contributed by atoms with van der Waals surface area (Å²) in [5.74, 6) is -0.772. The number of aliphatic hydroxyl groups is 1. The lowest BCUT2D eigenvalue weighted by atomic mass is 9.87. The van der Waals surface area contributed by atoms with Gasteiger partial charge in [0.25, 0.3) is 11.8 Å². The van der Waals surface area contributed by atoms with Crippen molar-refractivity contribution in [1.82, 2.24) is 20.4 Å². The van der Waals surface area contributed by atoms with Gasteiger partial charge in [0.05, 0.1) is 24.9 Å². The van der Waals surface area contributed by atoms with E-state index in [4.69, 9.17) is 4.74 Å². The average Bonchev–Trinajstić information content (AvgIpc) is 3.78. The van der Waals surface area contributed by atoms with Crippen molar-refractivity contribution in [1.29, 1.82) is 0 Å². The molecule has 226 valence electrons. The highest BCUT2D eigenvalue weighted by atomic mass is 16.5. The molecule has 11 heteroatoms. The topological polar surface area (TPSA) is 140 Å². The number of carbonyl (C=O) groups is 4. The number of ether oxygens (including phenoxy) is 1. The smallest absolute Gasteiger partial charge is 0.272 e. The molecule has 1 spiro atoms. The molecule has 0 radical (unpaired) electrons. The Balaban J connectivity index is 0.913. The molecule has 0 aromatic heterocycles. The number of aliphatic hydroxyl groups excluding tert-OH is 1. The van der Waals surface area contributed by atoms with Crippen molar-refractivity contribution in [2.45, 2.75) is 62.8 Å². The lowest BCUT2D eigenvalue weighted by Gasteiger charge is -2.50. The standard InChI is InChI=1S/C32H37N5O6/c38-24(17-36-13-10-20-4-1-2-5-22(20)16-36)15-33-27(39)21-8-9-26-25(14-21)35-29(41)32(43-26)18-37(19-32)30(42)31(11-12-31)28(40)34-23-6-3-7-23/h1-2,4-5,8-9,14,23-24,38H,3,6-7,10-13,15-19H2,(H,33,39)(H,34,40)(H,35,41)/t24-/m0/s1. The number of hydrogen-bond donors (Lipinski definition) is 4. The summed E-state index contributed by atoms with van der Waals surface area (Å²) in [5.41, 5.74) is 1.09. The van der Waals surface area contributed by atoms with E-state index in [0.29, 0.717) is 36.4 Å². The van der Waals surface area contributed by atoms with Crippen LogP contribution in [0.5, 0.6) is 5.75 Å². The third-order valence-electron chi connectivity index (χ3n) is 9.60. The van der Waals surface area contributed by atoms with Crippen LogP contribution < -0.4 is 20.7 Å². The highest BCUT2D eigenvalue weighted by Gasteiger charge is 2.64. The predicted octanol–water partition coefficient (Wildman–Crippen LogP) is 1.20. The van der Waals surface area contributed by atoms with Crippen LogP contribution in [0.2, 0.25) is 0 Å². The average molecular weight is 588 g/mol. The largest absolute Gasteiger partial charge is 0.471 e. The number of β-amino-alcohol motifs (C(OH)–C–C–N with tert-alkyl or cyclic N) is 1. The van der Waals surface area contributed by atoms with E-state index in [2.05, 4.69) is 33.0 Å². The highest BCUT2D eigenvalue weighted by Crippen LogP contribution is 2.50. The van der Waals surface area contributed by atoms with Crippen molar-refractivity contribution in [3.8, 4) is 5.75 Å². The Labute approximate surface area is 249 Å². The van der Waals surface area contributed by atoms with Crippen LogP contribution in [0, 0.1) is 5.41 Å². The molecule has 3 heterocycles. The summed E-state index contributed by atoms with van der Waals surface area (Å²) in [6.07, 6.45) is 4.27. The van der Waals surface area contributed by atoms with Gasteiger partial charge in [-0.15, -0.1) is 0 Å². The minimum Gasteiger partial charge on any atom is -0.471 e. The summed E-state index contributed by atoms with van der Waals surface area (Å²) in [4.78, 5) is 55.7. The summed E-state index contributed by atoms with van der Waals surface area (Å²) in [7, 11) is 0. The molecule has 2 saturated carbocycles. The lowest BCUT2D eigenvalue weighted by Crippen LogP contribution is -2.73. The zero-order valence-corrected chi connectivity index (χ0v) is 24.1. The molecule has 3 aliphatic heterocycles. The van der Waals surface area contributed by atoms with E-state index < -0.39 is 17.1 Å². The first-order valence-corrected chi connectivity index (χ1v) is 15.2. The number of nitrogens with one attached hydrogen (secondary N) is 3. The fraction of sp³-hybridized carbons (Fsp3) is 0.500. The Bertz CT molecular complexity index is 1480. The number of carbonyl (C=O) groups excluding carboxylic acids is 4. The van der Waals surface area contributed by atoms with Gasteiger partial charge < -0.3 is 30.7 Å². The summed E-state index contributed by atoms with van der Waals surface area (Å²) < 4.78 is 6.09. The molecule has 4 amide bonds. The first kappa shape index (κ1) is 27.8. The molecule has 0 unspecified atom stereocenters. The molecule has 4 N–H and O–H groups in total. The zero-order valence-electron chi connectivity index (χ0n) is 24.1. The van der Waals surface area contributed by atoms with E-state index in [1.807, 2.05) is 12.1 Å². The van der Waals surface area contributed by atoms with Crippen LogP contribution in [0.1, 0.15) is 53.6 Å². The summed E-state index contributed by atoms with van der Waals surface area (Å²) in [6, 6.07) is 13.3. The molecule has 43 heavy (non-hydrogen) atoms. The predicted molar refractivity (Wildman–Crippen MR) is 156 cm³/mol. The molecule has 5 aliphatic rings. The normalized spacial score (nSPS) is 22.1. The molecule has 2 aromatic rings. The molecule has 0 bridgehead atoms. The van der Waals surface area contributed by atoms with Gasteiger partial charge in [-0.05, 0) is 67.9 Å². The van der Waals surface area contributed by atoms with Crippen LogP contribution in [0.15, 0.2) is 42.5 Å². The summed E-state index contributed by atoms with van der Waals surface area (Å²) in [5, 5.41) is 19.2. The Morgan fingerprint density at radius 2 is 1.86 bits per heavy atom. The molecule has 1 atom stereocenters. The summed E-state index contributed by atoms with van der Waals surface area (Å²) in [6.45, 7) is 2.32. The van der Waals surface area contributed by atoms with Crippen LogP contribution in [0.4, 0.5) is 5.69 Å². The van der Waals surface area contributed by atoms with Crippen LogP contribution in [0.3, 0.4) is 0 Å². The fourth-order valence-corrected chi connectivity index (χ4v) is 6.50. The second-order valence-corrected chi connectivity index (χ2v) is 12.7. The molecule has 7 rings (SSSR count). The second-order valence-electron chi connectivity index (χ2n) is 12.7. The molecule has 11 nitrogen and oxygen atoms in total. The third-order valence-corrected chi connectivity index (χ3v) is 9.60. The van der Waals surface area contributed by atoms with Gasteiger partial charge >= 0.3 is 0 Å². The third kappa shape index (κ3) is 5.14. The Morgan fingerprint density at radius 3 is 2.58 bits per heavy atom. The van der Waals surface area contributed by atoms with Crippen molar-refractivity contribution >= 4 is 29.3 Å². The minimum absolute atomic E-state index is 0.0678. The SMILES string of the molecule is O=C(NC[C@H](O)CN1CCc2ccccc2C1)c1ccc2c(c1)NC(=O)C1(CN(C(=O)C3(C(=O)NC4CCC4)CC3)C1)O2. The van der Waals surface area contributed by atoms with Crippen molar-refractivity contribution in [3.63, 3.8) is 0 Å². The number of benzene rings is 2. The maximum atomic E-state index is 13.2. The Hall–Kier alpha value is -3.96. The van der Waals surface area contributed by atoms with Gasteiger partial charge in [0, 0.05) is 37.8 Å². The van der Waals surface area contributed by atoms with Gasteiger partial charge in [0.15, 0.2) is 0 Å². The Morgan fingerprint density at radius 1 is 1.09 bits per heavy atom. The number of fused-ring (bicyclic) bond motifs is 2. The van der Waals surface area contributed by atoms with Gasteiger partial charge in [-0.2, -0.15) is 0 Å². The van der Waals surface area contributed by atoms with Gasteiger partial charge in [-0.25, -0.2) is 0 Å². The molecule has 2 aromatic carbocycles. The maximum Gasteiger partial charge on any atom is 0.272 e. The van der Waals surface area contributed by atoms with E-state index in [-0.39, 0.29) is 49.3 Å². The second kappa shape index (κ2) is 10.6. The first-order chi connectivity index (χ1) is 20.7. The monoisotopic (exact) mass is 587 g/mol.